The number of carbonyl (C=O) groups excluding carboxylic acids is 2. The van der Waals surface area contributed by atoms with Crippen LogP contribution in [0.2, 0.25) is 0 Å². The highest BCUT2D eigenvalue weighted by Crippen LogP contribution is 2.20. The standard InChI is InChI=1S/C23H20O3/c1-26-21-15-18(13-12-17-8-4-2-5-9-17)14-20(16-21)23(25)22(24)19-10-6-3-7-11-19/h2-11,14-16H,12-13H2,1H3. The van der Waals surface area contributed by atoms with Crippen molar-refractivity contribution in [2.24, 2.45) is 0 Å². The van der Waals surface area contributed by atoms with Crippen LogP contribution in [0.25, 0.3) is 0 Å². The molecular weight excluding hydrogens is 324 g/mol. The van der Waals surface area contributed by atoms with E-state index in [2.05, 4.69) is 12.1 Å². The first kappa shape index (κ1) is 17.6. The van der Waals surface area contributed by atoms with E-state index in [1.807, 2.05) is 30.3 Å². The van der Waals surface area contributed by atoms with Crippen LogP contribution in [-0.2, 0) is 12.8 Å². The average molecular weight is 344 g/mol. The maximum Gasteiger partial charge on any atom is 0.233 e. The summed E-state index contributed by atoms with van der Waals surface area (Å²) < 4.78 is 5.32. The molecule has 0 atom stereocenters. The zero-order chi connectivity index (χ0) is 18.4. The lowest BCUT2D eigenvalue weighted by atomic mass is 9.97. The molecule has 0 aliphatic rings. The Morgan fingerprint density at radius 2 is 1.27 bits per heavy atom. The van der Waals surface area contributed by atoms with E-state index in [1.165, 1.54) is 5.56 Å². The van der Waals surface area contributed by atoms with Gasteiger partial charge >= 0.3 is 0 Å². The molecule has 3 aromatic carbocycles. The molecule has 0 aliphatic carbocycles. The summed E-state index contributed by atoms with van der Waals surface area (Å²) in [4.78, 5) is 25.1. The zero-order valence-electron chi connectivity index (χ0n) is 14.6. The van der Waals surface area contributed by atoms with Crippen LogP contribution in [0, 0.1) is 0 Å². The number of rotatable bonds is 7. The minimum Gasteiger partial charge on any atom is -0.497 e. The van der Waals surface area contributed by atoms with Gasteiger partial charge in [-0.05, 0) is 42.2 Å². The Balaban J connectivity index is 1.83. The number of ketones is 2. The third kappa shape index (κ3) is 4.25. The van der Waals surface area contributed by atoms with Gasteiger partial charge in [-0.1, -0.05) is 60.7 Å². The van der Waals surface area contributed by atoms with Gasteiger partial charge in [-0.15, -0.1) is 0 Å². The summed E-state index contributed by atoms with van der Waals surface area (Å²) in [6.07, 6.45) is 1.62. The third-order valence-electron chi connectivity index (χ3n) is 4.25. The minimum absolute atomic E-state index is 0.362. The molecule has 130 valence electrons. The van der Waals surface area contributed by atoms with Gasteiger partial charge in [0.2, 0.25) is 11.6 Å². The van der Waals surface area contributed by atoms with Gasteiger partial charge in [0.05, 0.1) is 7.11 Å². The number of ether oxygens (including phenoxy) is 1. The molecule has 0 N–H and O–H groups in total. The van der Waals surface area contributed by atoms with Gasteiger partial charge < -0.3 is 4.74 Å². The first-order chi connectivity index (χ1) is 12.7. The van der Waals surface area contributed by atoms with Crippen molar-refractivity contribution in [2.45, 2.75) is 12.8 Å². The van der Waals surface area contributed by atoms with Crippen LogP contribution >= 0.6 is 0 Å². The zero-order valence-corrected chi connectivity index (χ0v) is 14.6. The highest BCUT2D eigenvalue weighted by atomic mass is 16.5. The summed E-state index contributed by atoms with van der Waals surface area (Å²) in [5.41, 5.74) is 2.95. The van der Waals surface area contributed by atoms with E-state index in [4.69, 9.17) is 4.74 Å². The largest absolute Gasteiger partial charge is 0.497 e. The van der Waals surface area contributed by atoms with Crippen molar-refractivity contribution in [2.75, 3.05) is 7.11 Å². The van der Waals surface area contributed by atoms with Gasteiger partial charge in [-0.3, -0.25) is 9.59 Å². The van der Waals surface area contributed by atoms with Gasteiger partial charge in [0.15, 0.2) is 0 Å². The van der Waals surface area contributed by atoms with E-state index in [9.17, 15) is 9.59 Å². The summed E-state index contributed by atoms with van der Waals surface area (Å²) in [5.74, 6) is -0.441. The predicted octanol–water partition coefficient (Wildman–Crippen LogP) is 4.55. The van der Waals surface area contributed by atoms with Crippen LogP contribution in [0.4, 0.5) is 0 Å². The maximum absolute atomic E-state index is 12.6. The Morgan fingerprint density at radius 3 is 1.92 bits per heavy atom. The molecule has 0 fully saturated rings. The Kier molecular flexibility index (Phi) is 5.59. The molecule has 0 unspecified atom stereocenters. The lowest BCUT2D eigenvalue weighted by Gasteiger charge is -2.09. The lowest BCUT2D eigenvalue weighted by molar-refractivity contribution is 0.0816. The quantitative estimate of drug-likeness (QED) is 0.467. The first-order valence-corrected chi connectivity index (χ1v) is 8.53. The highest BCUT2D eigenvalue weighted by molar-refractivity contribution is 6.49. The fourth-order valence-electron chi connectivity index (χ4n) is 2.84. The molecule has 0 radical (unpaired) electrons. The van der Waals surface area contributed by atoms with Crippen LogP contribution in [0.5, 0.6) is 5.75 Å². The molecule has 0 amide bonds. The van der Waals surface area contributed by atoms with Crippen LogP contribution < -0.4 is 4.74 Å². The second kappa shape index (κ2) is 8.26. The summed E-state index contributed by atoms with van der Waals surface area (Å²) in [6, 6.07) is 24.1. The fraction of sp³-hybridized carbons (Fsp3) is 0.130. The number of hydrogen-bond acceptors (Lipinski definition) is 3. The van der Waals surface area contributed by atoms with E-state index in [-0.39, 0.29) is 0 Å². The van der Waals surface area contributed by atoms with Crippen molar-refractivity contribution in [1.82, 2.24) is 0 Å². The number of hydrogen-bond donors (Lipinski definition) is 0. The predicted molar refractivity (Wildman–Crippen MR) is 102 cm³/mol. The smallest absolute Gasteiger partial charge is 0.233 e. The van der Waals surface area contributed by atoms with Gasteiger partial charge in [-0.25, -0.2) is 0 Å². The Morgan fingerprint density at radius 1 is 0.692 bits per heavy atom. The topological polar surface area (TPSA) is 43.4 Å². The van der Waals surface area contributed by atoms with E-state index in [0.717, 1.165) is 18.4 Å². The molecule has 0 aromatic heterocycles. The lowest BCUT2D eigenvalue weighted by Crippen LogP contribution is -2.15. The van der Waals surface area contributed by atoms with Gasteiger partial charge in [-0.2, -0.15) is 0 Å². The highest BCUT2D eigenvalue weighted by Gasteiger charge is 2.19. The van der Waals surface area contributed by atoms with Crippen molar-refractivity contribution >= 4 is 11.6 Å². The summed E-state index contributed by atoms with van der Waals surface area (Å²) >= 11 is 0. The molecule has 3 nitrogen and oxygen atoms in total. The number of carbonyl (C=O) groups is 2. The van der Waals surface area contributed by atoms with Crippen molar-refractivity contribution in [1.29, 1.82) is 0 Å². The van der Waals surface area contributed by atoms with E-state index < -0.39 is 11.6 Å². The Bertz CT molecular complexity index is 899. The fourth-order valence-corrected chi connectivity index (χ4v) is 2.84. The summed E-state index contributed by atoms with van der Waals surface area (Å²) in [5, 5.41) is 0. The van der Waals surface area contributed by atoms with Crippen molar-refractivity contribution in [3.05, 3.63) is 101 Å². The van der Waals surface area contributed by atoms with Gasteiger partial charge in [0.1, 0.15) is 5.75 Å². The normalized spacial score (nSPS) is 10.3. The van der Waals surface area contributed by atoms with Crippen LogP contribution in [0.3, 0.4) is 0 Å². The van der Waals surface area contributed by atoms with Crippen molar-refractivity contribution in [3.8, 4) is 5.75 Å². The summed E-state index contributed by atoms with van der Waals surface area (Å²) in [6.45, 7) is 0. The van der Waals surface area contributed by atoms with E-state index in [0.29, 0.717) is 16.9 Å². The molecule has 0 saturated heterocycles. The third-order valence-corrected chi connectivity index (χ3v) is 4.25. The number of aryl methyl sites for hydroxylation is 2. The second-order valence-electron chi connectivity index (χ2n) is 6.08. The molecular formula is C23H20O3. The molecule has 26 heavy (non-hydrogen) atoms. The molecule has 3 aromatic rings. The van der Waals surface area contributed by atoms with Crippen LogP contribution in [0.1, 0.15) is 31.8 Å². The van der Waals surface area contributed by atoms with Crippen LogP contribution in [0.15, 0.2) is 78.9 Å². The van der Waals surface area contributed by atoms with Gasteiger partial charge in [0.25, 0.3) is 0 Å². The molecule has 3 rings (SSSR count). The molecule has 0 saturated carbocycles. The Hall–Kier alpha value is -3.20. The summed E-state index contributed by atoms with van der Waals surface area (Å²) in [7, 11) is 1.56. The molecule has 0 spiro atoms. The monoisotopic (exact) mass is 344 g/mol. The SMILES string of the molecule is COc1cc(CCc2ccccc2)cc(C(=O)C(=O)c2ccccc2)c1. The van der Waals surface area contributed by atoms with Crippen molar-refractivity contribution < 1.29 is 14.3 Å². The average Bonchev–Trinajstić information content (AvgIpc) is 2.72. The number of Topliss-reactive ketones (excluding diaryl/α,β-unsaturated/α-hetero) is 2. The Labute approximate surface area is 153 Å². The van der Waals surface area contributed by atoms with Crippen LogP contribution in [-0.4, -0.2) is 18.7 Å². The number of benzene rings is 3. The van der Waals surface area contributed by atoms with Gasteiger partial charge in [0, 0.05) is 11.1 Å². The van der Waals surface area contributed by atoms with E-state index >= 15 is 0 Å². The molecule has 0 heterocycles. The second-order valence-corrected chi connectivity index (χ2v) is 6.08. The number of methoxy groups -OCH3 is 1. The molecule has 0 aliphatic heterocycles. The first-order valence-electron chi connectivity index (χ1n) is 8.53. The van der Waals surface area contributed by atoms with E-state index in [1.54, 1.807) is 43.5 Å². The molecule has 3 heteroatoms. The molecule has 0 bridgehead atoms. The minimum atomic E-state index is -0.518. The van der Waals surface area contributed by atoms with Crippen molar-refractivity contribution in [3.63, 3.8) is 0 Å². The maximum atomic E-state index is 12.6.